The van der Waals surface area contributed by atoms with Crippen molar-refractivity contribution in [3.8, 4) is 0 Å². The summed E-state index contributed by atoms with van der Waals surface area (Å²) in [6, 6.07) is 0.571. The minimum absolute atomic E-state index is 0.482. The molecule has 22 heavy (non-hydrogen) atoms. The second kappa shape index (κ2) is 13.4. The van der Waals surface area contributed by atoms with Gasteiger partial charge in [0.1, 0.15) is 0 Å². The van der Waals surface area contributed by atoms with E-state index in [0.29, 0.717) is 21.0 Å². The maximum absolute atomic E-state index is 6.03. The van der Waals surface area contributed by atoms with Crippen LogP contribution in [0.2, 0.25) is 4.82 Å². The number of unbranched alkanes of at least 4 members (excludes halogenated alkanes) is 10. The van der Waals surface area contributed by atoms with Gasteiger partial charge in [-0.1, -0.05) is 0 Å². The van der Waals surface area contributed by atoms with Gasteiger partial charge in [0.25, 0.3) is 0 Å². The van der Waals surface area contributed by atoms with Crippen molar-refractivity contribution in [1.29, 1.82) is 0 Å². The van der Waals surface area contributed by atoms with Gasteiger partial charge in [0.15, 0.2) is 0 Å². The first-order valence-electron chi connectivity index (χ1n) is 9.77. The van der Waals surface area contributed by atoms with Crippen molar-refractivity contribution >= 4 is 19.7 Å². The minimum atomic E-state index is 0.482. The van der Waals surface area contributed by atoms with Crippen molar-refractivity contribution in [2.24, 2.45) is 10.7 Å². The van der Waals surface area contributed by atoms with Crippen LogP contribution < -0.4 is 5.73 Å². The van der Waals surface area contributed by atoms with E-state index in [1.165, 1.54) is 89.9 Å². The van der Waals surface area contributed by atoms with Gasteiger partial charge in [0.2, 0.25) is 0 Å². The first-order valence-corrected chi connectivity index (χ1v) is 11.6. The molecule has 0 radical (unpaired) electrons. The normalized spacial score (nSPS) is 21.3. The van der Waals surface area contributed by atoms with Gasteiger partial charge in [-0.05, 0) is 0 Å². The van der Waals surface area contributed by atoms with Crippen LogP contribution in [-0.2, 0) is 0 Å². The van der Waals surface area contributed by atoms with Gasteiger partial charge in [-0.15, -0.1) is 0 Å². The molecule has 2 nitrogen and oxygen atoms in total. The molecule has 1 heterocycles. The molecule has 0 aliphatic carbocycles. The van der Waals surface area contributed by atoms with Crippen LogP contribution in [0.5, 0.6) is 0 Å². The van der Waals surface area contributed by atoms with Crippen molar-refractivity contribution in [3.05, 3.63) is 0 Å². The maximum atomic E-state index is 6.03. The molecule has 0 fully saturated rings. The Bertz CT molecular complexity index is 291. The third-order valence-electron chi connectivity index (χ3n) is 4.69. The molecule has 0 aromatic rings. The van der Waals surface area contributed by atoms with E-state index in [0.717, 1.165) is 9.55 Å². The zero-order valence-electron chi connectivity index (χ0n) is 15.0. The zero-order chi connectivity index (χ0) is 16.0. The molecule has 0 aromatic carbocycles. The number of hydrogen-bond donors (Lipinski definition) is 1. The molecular formula is C19H38N2Se. The predicted molar refractivity (Wildman–Crippen MR) is 101 cm³/mol. The molecule has 0 saturated heterocycles. The monoisotopic (exact) mass is 374 g/mol. The number of rotatable bonds is 14. The van der Waals surface area contributed by atoms with E-state index < -0.39 is 0 Å². The average Bonchev–Trinajstić information content (AvgIpc) is 2.86. The zero-order valence-corrected chi connectivity index (χ0v) is 16.7. The summed E-state index contributed by atoms with van der Waals surface area (Å²) in [5.74, 6) is 0. The van der Waals surface area contributed by atoms with Crippen LogP contribution in [0, 0.1) is 0 Å². The second-order valence-electron chi connectivity index (χ2n) is 6.80. The molecule has 1 aliphatic rings. The number of nitrogens with zero attached hydrogens (tertiary/aromatic N) is 1. The molecular weight excluding hydrogens is 335 g/mol. The Kier molecular flexibility index (Phi) is 12.2. The standard InChI is InChI=1S/C19H38N2Se/c1-3-5-7-9-11-13-15-17-18(22-19(20)21-17)16-14-12-10-8-6-4-2/h17-18H,3-16H2,1-2H3,(H2,20,21)/t17-,18+/m0/s1. The SMILES string of the molecule is CCCCCCCC[C@@H]1N=C(N)[Se][C@@H]1CCCCCCCC. The molecule has 2 atom stereocenters. The molecule has 130 valence electrons. The van der Waals surface area contributed by atoms with Gasteiger partial charge in [-0.25, -0.2) is 0 Å². The van der Waals surface area contributed by atoms with Crippen LogP contribution in [-0.4, -0.2) is 25.7 Å². The van der Waals surface area contributed by atoms with Gasteiger partial charge in [-0.2, -0.15) is 0 Å². The summed E-state index contributed by atoms with van der Waals surface area (Å²) in [4.78, 5) is 5.57. The van der Waals surface area contributed by atoms with Crippen LogP contribution in [0.15, 0.2) is 4.99 Å². The summed E-state index contributed by atoms with van der Waals surface area (Å²) >= 11 is 0.482. The molecule has 0 bridgehead atoms. The third kappa shape index (κ3) is 9.20. The molecule has 0 saturated carbocycles. The summed E-state index contributed by atoms with van der Waals surface area (Å²) in [5.41, 5.74) is 6.03. The van der Waals surface area contributed by atoms with Gasteiger partial charge in [-0.3, -0.25) is 0 Å². The van der Waals surface area contributed by atoms with Crippen molar-refractivity contribution < 1.29 is 0 Å². The second-order valence-corrected chi connectivity index (χ2v) is 9.45. The van der Waals surface area contributed by atoms with Gasteiger partial charge in [0.05, 0.1) is 0 Å². The van der Waals surface area contributed by atoms with Crippen LogP contribution in [0.25, 0.3) is 0 Å². The average molecular weight is 373 g/mol. The fourth-order valence-electron chi connectivity index (χ4n) is 3.27. The Balaban J connectivity index is 2.09. The fraction of sp³-hybridized carbons (Fsp3) is 0.947. The Morgan fingerprint density at radius 3 is 1.86 bits per heavy atom. The van der Waals surface area contributed by atoms with Gasteiger partial charge >= 0.3 is 145 Å². The van der Waals surface area contributed by atoms with Crippen molar-refractivity contribution in [1.82, 2.24) is 0 Å². The number of amidine groups is 1. The molecule has 0 amide bonds. The Hall–Kier alpha value is -0.0105. The number of aliphatic imine (C=N–C) groups is 1. The first kappa shape index (κ1) is 20.0. The van der Waals surface area contributed by atoms with E-state index in [9.17, 15) is 0 Å². The van der Waals surface area contributed by atoms with Crippen LogP contribution in [0.3, 0.4) is 0 Å². The molecule has 3 heteroatoms. The molecule has 2 N–H and O–H groups in total. The van der Waals surface area contributed by atoms with Crippen LogP contribution >= 0.6 is 0 Å². The van der Waals surface area contributed by atoms with E-state index in [1.54, 1.807) is 0 Å². The summed E-state index contributed by atoms with van der Waals surface area (Å²) in [5, 5.41) is 0. The van der Waals surface area contributed by atoms with Gasteiger partial charge in [0, 0.05) is 0 Å². The quantitative estimate of drug-likeness (QED) is 0.309. The van der Waals surface area contributed by atoms with Crippen molar-refractivity contribution in [3.63, 3.8) is 0 Å². The van der Waals surface area contributed by atoms with E-state index in [1.807, 2.05) is 0 Å². The summed E-state index contributed by atoms with van der Waals surface area (Å²) < 4.78 is 0.986. The summed E-state index contributed by atoms with van der Waals surface area (Å²) in [7, 11) is 0. The van der Waals surface area contributed by atoms with Crippen LogP contribution in [0.1, 0.15) is 104 Å². The summed E-state index contributed by atoms with van der Waals surface area (Å²) in [6.07, 6.45) is 19.4. The predicted octanol–water partition coefficient (Wildman–Crippen LogP) is 5.68. The van der Waals surface area contributed by atoms with E-state index in [4.69, 9.17) is 10.7 Å². The molecule has 0 aromatic heterocycles. The van der Waals surface area contributed by atoms with Crippen molar-refractivity contribution in [2.45, 2.75) is 115 Å². The van der Waals surface area contributed by atoms with E-state index in [-0.39, 0.29) is 0 Å². The van der Waals surface area contributed by atoms with E-state index >= 15 is 0 Å². The Morgan fingerprint density at radius 1 is 0.773 bits per heavy atom. The number of hydrogen-bond acceptors (Lipinski definition) is 2. The van der Waals surface area contributed by atoms with Gasteiger partial charge < -0.3 is 0 Å². The Morgan fingerprint density at radius 2 is 1.27 bits per heavy atom. The summed E-state index contributed by atoms with van der Waals surface area (Å²) in [6.45, 7) is 4.57. The first-order chi connectivity index (χ1) is 10.8. The number of nitrogens with two attached hydrogens (primary N) is 1. The Labute approximate surface area is 145 Å². The fourth-order valence-corrected chi connectivity index (χ4v) is 5.67. The topological polar surface area (TPSA) is 38.4 Å². The molecule has 1 rings (SSSR count). The molecule has 0 spiro atoms. The molecule has 0 unspecified atom stereocenters. The van der Waals surface area contributed by atoms with E-state index in [2.05, 4.69) is 13.8 Å². The van der Waals surface area contributed by atoms with Crippen molar-refractivity contribution in [2.75, 3.05) is 0 Å². The third-order valence-corrected chi connectivity index (χ3v) is 7.21. The van der Waals surface area contributed by atoms with Crippen LogP contribution in [0.4, 0.5) is 0 Å². The molecule has 1 aliphatic heterocycles.